The maximum absolute atomic E-state index is 10.9. The number of allylic oxidation sites excluding steroid dienone is 2. The van der Waals surface area contributed by atoms with Crippen LogP contribution in [0.15, 0.2) is 34.8 Å². The summed E-state index contributed by atoms with van der Waals surface area (Å²) < 4.78 is 9.78. The Bertz CT molecular complexity index is 526. The van der Waals surface area contributed by atoms with E-state index in [1.54, 1.807) is 18.2 Å². The minimum absolute atomic E-state index is 0.335. The summed E-state index contributed by atoms with van der Waals surface area (Å²) >= 11 is 0. The van der Waals surface area contributed by atoms with E-state index in [0.29, 0.717) is 11.5 Å². The molecule has 1 atom stereocenters. The number of esters is 1. The maximum atomic E-state index is 10.9. The highest BCUT2D eigenvalue weighted by molar-refractivity contribution is 5.86. The molecule has 1 heterocycles. The molecule has 1 aromatic rings. The third-order valence-corrected chi connectivity index (χ3v) is 2.16. The van der Waals surface area contributed by atoms with Crippen LogP contribution in [0.25, 0.3) is 6.08 Å². The monoisotopic (exact) mass is 260 g/mol. The number of hydrogen-bond acceptors (Lipinski definition) is 4. The largest absolute Gasteiger partial charge is 0.466 e. The van der Waals surface area contributed by atoms with Gasteiger partial charge in [-0.05, 0) is 30.7 Å². The van der Waals surface area contributed by atoms with Crippen LogP contribution >= 0.6 is 0 Å². The van der Waals surface area contributed by atoms with E-state index in [4.69, 9.17) is 4.42 Å². The Morgan fingerprint density at radius 2 is 2.37 bits per heavy atom. The molecule has 1 unspecified atom stereocenters. The number of methoxy groups -OCH3 is 1. The molecule has 0 saturated heterocycles. The summed E-state index contributed by atoms with van der Waals surface area (Å²) in [5.74, 6) is 5.67. The molecule has 19 heavy (non-hydrogen) atoms. The molecule has 4 nitrogen and oxygen atoms in total. The summed E-state index contributed by atoms with van der Waals surface area (Å²) in [4.78, 5) is 10.9. The van der Waals surface area contributed by atoms with E-state index >= 15 is 0 Å². The molecule has 0 radical (unpaired) electrons. The van der Waals surface area contributed by atoms with E-state index in [2.05, 4.69) is 16.6 Å². The van der Waals surface area contributed by atoms with Crippen LogP contribution in [-0.4, -0.2) is 18.2 Å². The van der Waals surface area contributed by atoms with Crippen molar-refractivity contribution in [3.05, 3.63) is 41.9 Å². The predicted octanol–water partition coefficient (Wildman–Crippen LogP) is 2.47. The third kappa shape index (κ3) is 5.28. The molecular formula is C15H16O4. The Balaban J connectivity index is 2.67. The van der Waals surface area contributed by atoms with Crippen molar-refractivity contribution in [1.29, 1.82) is 0 Å². The first-order chi connectivity index (χ1) is 9.17. The average molecular weight is 260 g/mol. The van der Waals surface area contributed by atoms with Crippen molar-refractivity contribution in [2.45, 2.75) is 19.4 Å². The molecule has 0 aliphatic carbocycles. The number of aliphatic hydroxyl groups is 1. The van der Waals surface area contributed by atoms with Gasteiger partial charge in [-0.15, -0.1) is 0 Å². The standard InChI is InChI=1S/C15H16O4/c1-3-4-5-6-7-13(16)14-10-8-12(19-14)9-11-15(17)18-2/h4-5,8-11,13,16H,3H2,1-2H3/b5-4-,11-9-. The van der Waals surface area contributed by atoms with Gasteiger partial charge in [-0.3, -0.25) is 0 Å². The average Bonchev–Trinajstić information content (AvgIpc) is 2.89. The number of hydrogen-bond donors (Lipinski definition) is 1. The highest BCUT2D eigenvalue weighted by atomic mass is 16.5. The van der Waals surface area contributed by atoms with E-state index in [-0.39, 0.29) is 0 Å². The van der Waals surface area contributed by atoms with Gasteiger partial charge >= 0.3 is 5.97 Å². The lowest BCUT2D eigenvalue weighted by molar-refractivity contribution is -0.134. The molecule has 0 aliphatic rings. The molecule has 0 bridgehead atoms. The van der Waals surface area contributed by atoms with Crippen LogP contribution in [0.2, 0.25) is 0 Å². The van der Waals surface area contributed by atoms with Gasteiger partial charge in [0.1, 0.15) is 11.5 Å². The normalized spacial score (nSPS) is 12.4. The summed E-state index contributed by atoms with van der Waals surface area (Å²) in [6.45, 7) is 2.00. The van der Waals surface area contributed by atoms with Gasteiger partial charge in [-0.1, -0.05) is 24.8 Å². The first kappa shape index (κ1) is 14.8. The van der Waals surface area contributed by atoms with Gasteiger partial charge in [0.05, 0.1) is 7.11 Å². The van der Waals surface area contributed by atoms with Crippen molar-refractivity contribution >= 4 is 12.0 Å². The van der Waals surface area contributed by atoms with Crippen molar-refractivity contribution in [2.75, 3.05) is 7.11 Å². The summed E-state index contributed by atoms with van der Waals surface area (Å²) in [5.41, 5.74) is 0. The minimum atomic E-state index is -0.984. The van der Waals surface area contributed by atoms with Crippen molar-refractivity contribution in [1.82, 2.24) is 0 Å². The molecular weight excluding hydrogens is 244 g/mol. The van der Waals surface area contributed by atoms with Gasteiger partial charge in [-0.2, -0.15) is 0 Å². The van der Waals surface area contributed by atoms with Gasteiger partial charge in [0.2, 0.25) is 0 Å². The Hall–Kier alpha value is -2.25. The molecule has 0 aromatic carbocycles. The van der Waals surface area contributed by atoms with Gasteiger partial charge in [-0.25, -0.2) is 4.79 Å². The van der Waals surface area contributed by atoms with Gasteiger partial charge in [0.15, 0.2) is 6.10 Å². The van der Waals surface area contributed by atoms with E-state index in [9.17, 15) is 9.90 Å². The van der Waals surface area contributed by atoms with E-state index in [1.165, 1.54) is 19.3 Å². The zero-order valence-corrected chi connectivity index (χ0v) is 10.9. The summed E-state index contributed by atoms with van der Waals surface area (Å²) in [5, 5.41) is 9.74. The first-order valence-corrected chi connectivity index (χ1v) is 5.87. The first-order valence-electron chi connectivity index (χ1n) is 5.87. The molecule has 100 valence electrons. The van der Waals surface area contributed by atoms with E-state index < -0.39 is 12.1 Å². The number of furan rings is 1. The highest BCUT2D eigenvalue weighted by Gasteiger charge is 2.08. The van der Waals surface area contributed by atoms with Gasteiger partial charge in [0.25, 0.3) is 0 Å². The number of carbonyl (C=O) groups is 1. The van der Waals surface area contributed by atoms with Gasteiger partial charge in [0, 0.05) is 6.08 Å². The molecule has 1 rings (SSSR count). The number of aliphatic hydroxyl groups excluding tert-OH is 1. The lowest BCUT2D eigenvalue weighted by atomic mass is 10.2. The van der Waals surface area contributed by atoms with Crippen LogP contribution in [-0.2, 0) is 9.53 Å². The lowest BCUT2D eigenvalue weighted by Gasteiger charge is -1.96. The SMILES string of the molecule is CC/C=C\C#CC(O)c1ccc(/C=C\C(=O)OC)o1. The molecule has 0 aliphatic heterocycles. The van der Waals surface area contributed by atoms with Crippen LogP contribution in [0.5, 0.6) is 0 Å². The fourth-order valence-corrected chi connectivity index (χ4v) is 1.20. The van der Waals surface area contributed by atoms with Crippen molar-refractivity contribution < 1.29 is 19.1 Å². The zero-order chi connectivity index (χ0) is 14.1. The highest BCUT2D eigenvalue weighted by Crippen LogP contribution is 2.16. The van der Waals surface area contributed by atoms with Crippen LogP contribution in [0.4, 0.5) is 0 Å². The second-order valence-electron chi connectivity index (χ2n) is 3.60. The summed E-state index contributed by atoms with van der Waals surface area (Å²) in [7, 11) is 1.30. The number of ether oxygens (including phenoxy) is 1. The van der Waals surface area contributed by atoms with Crippen LogP contribution < -0.4 is 0 Å². The van der Waals surface area contributed by atoms with Crippen molar-refractivity contribution in [2.24, 2.45) is 0 Å². The summed E-state index contributed by atoms with van der Waals surface area (Å²) in [6.07, 6.45) is 6.20. The molecule has 0 amide bonds. The molecule has 0 fully saturated rings. The Labute approximate surface area is 112 Å². The molecule has 0 spiro atoms. The van der Waals surface area contributed by atoms with Gasteiger partial charge < -0.3 is 14.3 Å². The predicted molar refractivity (Wildman–Crippen MR) is 71.9 cm³/mol. The second kappa shape index (κ2) is 7.96. The number of carbonyl (C=O) groups excluding carboxylic acids is 1. The fraction of sp³-hybridized carbons (Fsp3) is 0.267. The van der Waals surface area contributed by atoms with Crippen LogP contribution in [0.1, 0.15) is 31.0 Å². The second-order valence-corrected chi connectivity index (χ2v) is 3.60. The fourth-order valence-electron chi connectivity index (χ4n) is 1.20. The van der Waals surface area contributed by atoms with E-state index in [1.807, 2.05) is 13.0 Å². The smallest absolute Gasteiger partial charge is 0.330 e. The zero-order valence-electron chi connectivity index (χ0n) is 10.9. The molecule has 1 aromatic heterocycles. The maximum Gasteiger partial charge on any atom is 0.330 e. The Morgan fingerprint density at radius 1 is 1.58 bits per heavy atom. The minimum Gasteiger partial charge on any atom is -0.466 e. The quantitative estimate of drug-likeness (QED) is 0.513. The lowest BCUT2D eigenvalue weighted by Crippen LogP contribution is -1.93. The third-order valence-electron chi connectivity index (χ3n) is 2.16. The van der Waals surface area contributed by atoms with Crippen molar-refractivity contribution in [3.8, 4) is 11.8 Å². The molecule has 1 N–H and O–H groups in total. The number of rotatable bonds is 4. The van der Waals surface area contributed by atoms with Crippen LogP contribution in [0, 0.1) is 11.8 Å². The molecule has 0 saturated carbocycles. The topological polar surface area (TPSA) is 59.7 Å². The van der Waals surface area contributed by atoms with E-state index in [0.717, 1.165) is 6.42 Å². The summed E-state index contributed by atoms with van der Waals surface area (Å²) in [6, 6.07) is 3.25. The molecule has 4 heteroatoms. The van der Waals surface area contributed by atoms with Crippen molar-refractivity contribution in [3.63, 3.8) is 0 Å². The Morgan fingerprint density at radius 3 is 3.05 bits per heavy atom. The van der Waals surface area contributed by atoms with Crippen LogP contribution in [0.3, 0.4) is 0 Å². The Kier molecular flexibility index (Phi) is 6.20.